The van der Waals surface area contributed by atoms with Gasteiger partial charge in [-0.3, -0.25) is 0 Å². The Morgan fingerprint density at radius 1 is 1.43 bits per heavy atom. The summed E-state index contributed by atoms with van der Waals surface area (Å²) in [5.41, 5.74) is 0. The van der Waals surface area contributed by atoms with E-state index in [0.29, 0.717) is 5.38 Å². The fourth-order valence-electron chi connectivity index (χ4n) is 2.33. The van der Waals surface area contributed by atoms with Crippen LogP contribution in [0.2, 0.25) is 0 Å². The molecular weight excluding hydrogens is 194 g/mol. The predicted octanol–water partition coefficient (Wildman–Crippen LogP) is 3.42. The van der Waals surface area contributed by atoms with Gasteiger partial charge in [0.2, 0.25) is 0 Å². The lowest BCUT2D eigenvalue weighted by atomic mass is 10.1. The topological polar surface area (TPSA) is 12.0 Å². The molecule has 0 aliphatic heterocycles. The third kappa shape index (κ3) is 4.18. The zero-order valence-corrected chi connectivity index (χ0v) is 10.3. The van der Waals surface area contributed by atoms with Gasteiger partial charge in [0.15, 0.2) is 0 Å². The average molecular weight is 218 g/mol. The molecule has 0 amide bonds. The first-order chi connectivity index (χ1) is 6.74. The van der Waals surface area contributed by atoms with Crippen molar-refractivity contribution in [2.24, 2.45) is 11.8 Å². The average Bonchev–Trinajstić information content (AvgIpc) is 2.52. The standard InChI is InChI=1S/C12H24ClN/c1-3-5-10(2)8-14-9-11-6-4-7-12(11)13/h10-12,14H,3-9H2,1-2H3. The maximum absolute atomic E-state index is 6.21. The molecule has 1 saturated carbocycles. The highest BCUT2D eigenvalue weighted by atomic mass is 35.5. The monoisotopic (exact) mass is 217 g/mol. The Kier molecular flexibility index (Phi) is 5.88. The van der Waals surface area contributed by atoms with Crippen molar-refractivity contribution in [2.45, 2.75) is 51.3 Å². The molecule has 0 bridgehead atoms. The molecule has 1 nitrogen and oxygen atoms in total. The van der Waals surface area contributed by atoms with Crippen molar-refractivity contribution in [2.75, 3.05) is 13.1 Å². The van der Waals surface area contributed by atoms with E-state index in [-0.39, 0.29) is 0 Å². The molecule has 1 rings (SSSR count). The van der Waals surface area contributed by atoms with E-state index in [9.17, 15) is 0 Å². The summed E-state index contributed by atoms with van der Waals surface area (Å²) in [6.07, 6.45) is 6.50. The Morgan fingerprint density at radius 2 is 2.21 bits per heavy atom. The van der Waals surface area contributed by atoms with Crippen molar-refractivity contribution in [3.05, 3.63) is 0 Å². The Hall–Kier alpha value is 0.250. The number of rotatable bonds is 6. The zero-order chi connectivity index (χ0) is 10.4. The summed E-state index contributed by atoms with van der Waals surface area (Å²) in [7, 11) is 0. The van der Waals surface area contributed by atoms with Crippen LogP contribution >= 0.6 is 11.6 Å². The third-order valence-corrected chi connectivity index (χ3v) is 3.82. The lowest BCUT2D eigenvalue weighted by molar-refractivity contribution is 0.431. The number of halogens is 1. The first-order valence-electron chi connectivity index (χ1n) is 6.08. The fraction of sp³-hybridized carbons (Fsp3) is 1.00. The second-order valence-corrected chi connectivity index (χ2v) is 5.32. The molecule has 0 aromatic heterocycles. The van der Waals surface area contributed by atoms with Gasteiger partial charge in [-0.25, -0.2) is 0 Å². The second kappa shape index (κ2) is 6.68. The van der Waals surface area contributed by atoms with Crippen LogP contribution in [0.25, 0.3) is 0 Å². The molecule has 14 heavy (non-hydrogen) atoms. The Labute approximate surface area is 93.6 Å². The molecule has 1 aliphatic rings. The van der Waals surface area contributed by atoms with E-state index in [4.69, 9.17) is 11.6 Å². The molecule has 2 heteroatoms. The minimum absolute atomic E-state index is 0.434. The minimum Gasteiger partial charge on any atom is -0.316 e. The first-order valence-corrected chi connectivity index (χ1v) is 6.52. The van der Waals surface area contributed by atoms with Crippen molar-refractivity contribution >= 4 is 11.6 Å². The van der Waals surface area contributed by atoms with Gasteiger partial charge >= 0.3 is 0 Å². The highest BCUT2D eigenvalue weighted by Crippen LogP contribution is 2.29. The van der Waals surface area contributed by atoms with Crippen LogP contribution in [-0.4, -0.2) is 18.5 Å². The quantitative estimate of drug-likeness (QED) is 0.673. The van der Waals surface area contributed by atoms with Gasteiger partial charge in [-0.2, -0.15) is 0 Å². The highest BCUT2D eigenvalue weighted by Gasteiger charge is 2.24. The van der Waals surface area contributed by atoms with Crippen LogP contribution < -0.4 is 5.32 Å². The van der Waals surface area contributed by atoms with Crippen molar-refractivity contribution < 1.29 is 0 Å². The number of alkyl halides is 1. The van der Waals surface area contributed by atoms with Gasteiger partial charge in [-0.05, 0) is 44.2 Å². The van der Waals surface area contributed by atoms with E-state index >= 15 is 0 Å². The van der Waals surface area contributed by atoms with Gasteiger partial charge in [-0.15, -0.1) is 11.6 Å². The van der Waals surface area contributed by atoms with Crippen molar-refractivity contribution in [1.82, 2.24) is 5.32 Å². The summed E-state index contributed by atoms with van der Waals surface area (Å²) < 4.78 is 0. The van der Waals surface area contributed by atoms with Gasteiger partial charge in [0.05, 0.1) is 0 Å². The summed E-state index contributed by atoms with van der Waals surface area (Å²) in [6.45, 7) is 6.86. The Morgan fingerprint density at radius 3 is 2.79 bits per heavy atom. The molecule has 0 aromatic carbocycles. The summed E-state index contributed by atoms with van der Waals surface area (Å²) in [6, 6.07) is 0. The van der Waals surface area contributed by atoms with Crippen LogP contribution in [0.3, 0.4) is 0 Å². The fourth-order valence-corrected chi connectivity index (χ4v) is 2.70. The van der Waals surface area contributed by atoms with E-state index in [1.807, 2.05) is 0 Å². The van der Waals surface area contributed by atoms with Gasteiger partial charge in [0.1, 0.15) is 0 Å². The summed E-state index contributed by atoms with van der Waals surface area (Å²) in [5.74, 6) is 1.54. The Bertz CT molecular complexity index is 149. The van der Waals surface area contributed by atoms with Crippen molar-refractivity contribution in [1.29, 1.82) is 0 Å². The highest BCUT2D eigenvalue weighted by molar-refractivity contribution is 6.20. The lowest BCUT2D eigenvalue weighted by Gasteiger charge is -2.16. The van der Waals surface area contributed by atoms with E-state index in [0.717, 1.165) is 24.9 Å². The summed E-state index contributed by atoms with van der Waals surface area (Å²) in [5, 5.41) is 3.99. The molecule has 3 unspecified atom stereocenters. The molecule has 1 N–H and O–H groups in total. The van der Waals surface area contributed by atoms with Gasteiger partial charge in [0, 0.05) is 5.38 Å². The van der Waals surface area contributed by atoms with Crippen LogP contribution in [0.15, 0.2) is 0 Å². The minimum atomic E-state index is 0.434. The molecule has 3 atom stereocenters. The van der Waals surface area contributed by atoms with Gasteiger partial charge in [0.25, 0.3) is 0 Å². The van der Waals surface area contributed by atoms with Crippen LogP contribution in [-0.2, 0) is 0 Å². The number of hydrogen-bond acceptors (Lipinski definition) is 1. The molecular formula is C12H24ClN. The second-order valence-electron chi connectivity index (χ2n) is 4.76. The molecule has 0 saturated heterocycles. The maximum Gasteiger partial charge on any atom is 0.0376 e. The van der Waals surface area contributed by atoms with E-state index < -0.39 is 0 Å². The van der Waals surface area contributed by atoms with Crippen LogP contribution in [0.1, 0.15) is 46.0 Å². The summed E-state index contributed by atoms with van der Waals surface area (Å²) in [4.78, 5) is 0. The van der Waals surface area contributed by atoms with Crippen molar-refractivity contribution in [3.63, 3.8) is 0 Å². The number of nitrogens with one attached hydrogen (secondary N) is 1. The van der Waals surface area contributed by atoms with Crippen LogP contribution in [0.4, 0.5) is 0 Å². The molecule has 0 aromatic rings. The summed E-state index contributed by atoms with van der Waals surface area (Å²) >= 11 is 6.21. The predicted molar refractivity (Wildman–Crippen MR) is 63.9 cm³/mol. The van der Waals surface area contributed by atoms with Crippen LogP contribution in [0.5, 0.6) is 0 Å². The third-order valence-electron chi connectivity index (χ3n) is 3.25. The largest absolute Gasteiger partial charge is 0.316 e. The molecule has 0 heterocycles. The normalized spacial score (nSPS) is 29.4. The maximum atomic E-state index is 6.21. The zero-order valence-electron chi connectivity index (χ0n) is 9.56. The van der Waals surface area contributed by atoms with Crippen LogP contribution in [0, 0.1) is 11.8 Å². The van der Waals surface area contributed by atoms with E-state index in [2.05, 4.69) is 19.2 Å². The van der Waals surface area contributed by atoms with Gasteiger partial charge < -0.3 is 5.32 Å². The first kappa shape index (κ1) is 12.3. The Balaban J connectivity index is 2.03. The molecule has 1 aliphatic carbocycles. The smallest absolute Gasteiger partial charge is 0.0376 e. The van der Waals surface area contributed by atoms with Crippen molar-refractivity contribution in [3.8, 4) is 0 Å². The lowest BCUT2D eigenvalue weighted by Crippen LogP contribution is -2.29. The molecule has 84 valence electrons. The molecule has 1 fully saturated rings. The number of hydrogen-bond donors (Lipinski definition) is 1. The van der Waals surface area contributed by atoms with Gasteiger partial charge in [-0.1, -0.05) is 26.7 Å². The van der Waals surface area contributed by atoms with E-state index in [1.165, 1.54) is 32.1 Å². The van der Waals surface area contributed by atoms with E-state index in [1.54, 1.807) is 0 Å². The molecule has 0 radical (unpaired) electrons. The SMILES string of the molecule is CCCC(C)CNCC1CCCC1Cl. The molecule has 0 spiro atoms.